The molecule has 0 bridgehead atoms. The maximum Gasteiger partial charge on any atom is 0.167 e. The minimum absolute atomic E-state index is 0.0220. The summed E-state index contributed by atoms with van der Waals surface area (Å²) in [5.74, 6) is 7.22. The van der Waals surface area contributed by atoms with E-state index >= 15 is 0 Å². The van der Waals surface area contributed by atoms with Crippen molar-refractivity contribution in [3.63, 3.8) is 0 Å². The number of likely N-dealkylation sites (tertiary alicyclic amines) is 1. The molecule has 1 aromatic heterocycles. The van der Waals surface area contributed by atoms with Crippen molar-refractivity contribution < 1.29 is 19.4 Å². The van der Waals surface area contributed by atoms with Gasteiger partial charge in [-0.25, -0.2) is 0 Å². The minimum Gasteiger partial charge on any atom is -0.493 e. The van der Waals surface area contributed by atoms with Crippen LogP contribution in [0.25, 0.3) is 0 Å². The highest BCUT2D eigenvalue weighted by atomic mass is 32.1. The van der Waals surface area contributed by atoms with E-state index < -0.39 is 5.60 Å². The number of ether oxygens (including phenoxy) is 2. The number of ketones is 1. The SMILES string of the molecule is COc1ccc(C(=O)[C@H]2CCCN(Cc3ccc(C#CC(C)(C)O)s3)C2)cc1OC. The summed E-state index contributed by atoms with van der Waals surface area (Å²) in [6.45, 7) is 5.90. The molecule has 5 nitrogen and oxygen atoms in total. The van der Waals surface area contributed by atoms with Crippen molar-refractivity contribution in [2.24, 2.45) is 5.92 Å². The predicted octanol–water partition coefficient (Wildman–Crippen LogP) is 3.98. The van der Waals surface area contributed by atoms with Gasteiger partial charge in [-0.1, -0.05) is 11.8 Å². The van der Waals surface area contributed by atoms with E-state index in [1.807, 2.05) is 12.1 Å². The fraction of sp³-hybridized carbons (Fsp3) is 0.458. The highest BCUT2D eigenvalue weighted by molar-refractivity contribution is 7.12. The molecule has 0 spiro atoms. The molecule has 6 heteroatoms. The summed E-state index contributed by atoms with van der Waals surface area (Å²) < 4.78 is 10.6. The van der Waals surface area contributed by atoms with Crippen LogP contribution < -0.4 is 9.47 Å². The molecular weight excluding hydrogens is 398 g/mol. The third-order valence-electron chi connectivity index (χ3n) is 5.08. The predicted molar refractivity (Wildman–Crippen MR) is 119 cm³/mol. The van der Waals surface area contributed by atoms with E-state index in [2.05, 4.69) is 22.8 Å². The van der Waals surface area contributed by atoms with Crippen molar-refractivity contribution in [1.29, 1.82) is 0 Å². The van der Waals surface area contributed by atoms with Crippen LogP contribution in [0.3, 0.4) is 0 Å². The highest BCUT2D eigenvalue weighted by Gasteiger charge is 2.27. The average molecular weight is 428 g/mol. The lowest BCUT2D eigenvalue weighted by Gasteiger charge is -2.31. The summed E-state index contributed by atoms with van der Waals surface area (Å²) in [6.07, 6.45) is 1.90. The zero-order valence-corrected chi connectivity index (χ0v) is 18.8. The Hall–Kier alpha value is -2.33. The number of methoxy groups -OCH3 is 2. The molecule has 2 heterocycles. The zero-order valence-electron chi connectivity index (χ0n) is 18.0. The molecule has 160 valence electrons. The molecule has 1 fully saturated rings. The first kappa shape index (κ1) is 22.4. The molecule has 1 N–H and O–H groups in total. The molecule has 0 unspecified atom stereocenters. The fourth-order valence-corrected chi connectivity index (χ4v) is 4.51. The van der Waals surface area contributed by atoms with Crippen molar-refractivity contribution in [3.05, 3.63) is 45.6 Å². The number of benzene rings is 1. The van der Waals surface area contributed by atoms with E-state index in [9.17, 15) is 9.90 Å². The monoisotopic (exact) mass is 427 g/mol. The molecule has 30 heavy (non-hydrogen) atoms. The summed E-state index contributed by atoms with van der Waals surface area (Å²) in [4.78, 5) is 17.6. The topological polar surface area (TPSA) is 59.0 Å². The molecule has 2 aromatic rings. The van der Waals surface area contributed by atoms with Crippen LogP contribution >= 0.6 is 11.3 Å². The molecular formula is C24H29NO4S. The lowest BCUT2D eigenvalue weighted by molar-refractivity contribution is 0.0812. The Morgan fingerprint density at radius 1 is 1.23 bits per heavy atom. The number of hydrogen-bond donors (Lipinski definition) is 1. The second kappa shape index (κ2) is 9.65. The molecule has 1 saturated heterocycles. The molecule has 1 aromatic carbocycles. The smallest absolute Gasteiger partial charge is 0.167 e. The second-order valence-electron chi connectivity index (χ2n) is 8.08. The van der Waals surface area contributed by atoms with Crippen molar-refractivity contribution in [1.82, 2.24) is 4.90 Å². The van der Waals surface area contributed by atoms with Gasteiger partial charge in [-0.3, -0.25) is 9.69 Å². The summed E-state index contributed by atoms with van der Waals surface area (Å²) in [6, 6.07) is 9.45. The first-order valence-electron chi connectivity index (χ1n) is 10.1. The van der Waals surface area contributed by atoms with Crippen molar-refractivity contribution in [2.75, 3.05) is 27.3 Å². The quantitative estimate of drug-likeness (QED) is 0.558. The normalized spacial score (nSPS) is 17.2. The van der Waals surface area contributed by atoms with E-state index in [4.69, 9.17) is 9.47 Å². The van der Waals surface area contributed by atoms with E-state index in [1.165, 1.54) is 4.88 Å². The largest absolute Gasteiger partial charge is 0.493 e. The van der Waals surface area contributed by atoms with Crippen LogP contribution in [0.1, 0.15) is 46.8 Å². The van der Waals surface area contributed by atoms with Gasteiger partial charge in [0, 0.05) is 29.4 Å². The number of nitrogens with zero attached hydrogens (tertiary/aromatic N) is 1. The number of carbonyl (C=O) groups is 1. The number of carbonyl (C=O) groups excluding carboxylic acids is 1. The lowest BCUT2D eigenvalue weighted by atomic mass is 9.90. The third-order valence-corrected chi connectivity index (χ3v) is 6.06. The molecule has 0 radical (unpaired) electrons. The van der Waals surface area contributed by atoms with E-state index in [0.717, 1.165) is 37.4 Å². The highest BCUT2D eigenvalue weighted by Crippen LogP contribution is 2.30. The molecule has 0 saturated carbocycles. The standard InChI is InChI=1S/C24H29NO4S/c1-24(2,27)12-11-19-8-9-20(30-19)16-25-13-5-6-18(15-25)23(26)17-7-10-21(28-3)22(14-17)29-4/h7-10,14,18,27H,5-6,13,15-16H2,1-4H3/t18-/m0/s1. The molecule has 1 atom stereocenters. The van der Waals surface area contributed by atoms with Gasteiger partial charge in [-0.15, -0.1) is 11.3 Å². The summed E-state index contributed by atoms with van der Waals surface area (Å²) in [5.41, 5.74) is -0.325. The molecule has 1 aliphatic rings. The van der Waals surface area contributed by atoms with Crippen LogP contribution in [-0.2, 0) is 6.54 Å². The van der Waals surface area contributed by atoms with Crippen LogP contribution in [0.5, 0.6) is 11.5 Å². The van der Waals surface area contributed by atoms with Gasteiger partial charge in [0.2, 0.25) is 0 Å². The molecule has 0 amide bonds. The maximum absolute atomic E-state index is 13.1. The van der Waals surface area contributed by atoms with E-state index in [0.29, 0.717) is 17.1 Å². The number of piperidine rings is 1. The number of aliphatic hydroxyl groups is 1. The maximum atomic E-state index is 13.1. The van der Waals surface area contributed by atoms with Gasteiger partial charge in [0.1, 0.15) is 5.60 Å². The fourth-order valence-electron chi connectivity index (χ4n) is 3.60. The van der Waals surface area contributed by atoms with Crippen LogP contribution in [0.4, 0.5) is 0 Å². The Morgan fingerprint density at radius 2 is 2.00 bits per heavy atom. The number of Topliss-reactive ketones (excluding diaryl/α,β-unsaturated/α-hetero) is 1. The van der Waals surface area contributed by atoms with Crippen molar-refractivity contribution >= 4 is 17.1 Å². The Morgan fingerprint density at radius 3 is 2.70 bits per heavy atom. The van der Waals surface area contributed by atoms with Gasteiger partial charge in [-0.05, 0) is 63.6 Å². The minimum atomic E-state index is -0.991. The van der Waals surface area contributed by atoms with Crippen LogP contribution in [0.2, 0.25) is 0 Å². The molecule has 1 aliphatic heterocycles. The van der Waals surface area contributed by atoms with Crippen LogP contribution in [-0.4, -0.2) is 48.7 Å². The van der Waals surface area contributed by atoms with Gasteiger partial charge in [0.25, 0.3) is 0 Å². The first-order valence-corrected chi connectivity index (χ1v) is 10.9. The van der Waals surface area contributed by atoms with Gasteiger partial charge in [0.15, 0.2) is 17.3 Å². The van der Waals surface area contributed by atoms with Crippen molar-refractivity contribution in [2.45, 2.75) is 38.8 Å². The number of hydrogen-bond acceptors (Lipinski definition) is 6. The Bertz CT molecular complexity index is 948. The van der Waals surface area contributed by atoms with Crippen molar-refractivity contribution in [3.8, 4) is 23.3 Å². The lowest BCUT2D eigenvalue weighted by Crippen LogP contribution is -2.38. The number of rotatable bonds is 6. The van der Waals surface area contributed by atoms with E-state index in [1.54, 1.807) is 51.5 Å². The van der Waals surface area contributed by atoms with Gasteiger partial charge in [0.05, 0.1) is 19.1 Å². The molecule has 0 aliphatic carbocycles. The van der Waals surface area contributed by atoms with E-state index in [-0.39, 0.29) is 11.7 Å². The summed E-state index contributed by atoms with van der Waals surface area (Å²) in [5, 5.41) is 9.76. The first-order chi connectivity index (χ1) is 14.3. The Labute approximate surface area is 182 Å². The summed E-state index contributed by atoms with van der Waals surface area (Å²) in [7, 11) is 3.17. The van der Waals surface area contributed by atoms with Crippen LogP contribution in [0, 0.1) is 17.8 Å². The second-order valence-corrected chi connectivity index (χ2v) is 9.25. The molecule has 3 rings (SSSR count). The number of thiophene rings is 1. The van der Waals surface area contributed by atoms with Gasteiger partial charge >= 0.3 is 0 Å². The Balaban J connectivity index is 1.65. The van der Waals surface area contributed by atoms with Crippen LogP contribution in [0.15, 0.2) is 30.3 Å². The van der Waals surface area contributed by atoms with Gasteiger partial charge in [-0.2, -0.15) is 0 Å². The zero-order chi connectivity index (χ0) is 21.7. The summed E-state index contributed by atoms with van der Waals surface area (Å²) >= 11 is 1.64. The average Bonchev–Trinajstić information content (AvgIpc) is 3.18. The Kier molecular flexibility index (Phi) is 7.19. The van der Waals surface area contributed by atoms with Gasteiger partial charge < -0.3 is 14.6 Å². The third kappa shape index (κ3) is 5.85.